The number of pyridine rings is 1. The Morgan fingerprint density at radius 1 is 1.16 bits per heavy atom. The molecule has 8 nitrogen and oxygen atoms in total. The molecule has 0 aliphatic carbocycles. The Morgan fingerprint density at radius 3 is 2.59 bits per heavy atom. The molecule has 0 saturated carbocycles. The summed E-state index contributed by atoms with van der Waals surface area (Å²) in [5, 5.41) is 7.94. The van der Waals surface area contributed by atoms with Crippen molar-refractivity contribution in [3.63, 3.8) is 0 Å². The topological polar surface area (TPSA) is 97.2 Å². The number of nitrogens with one attached hydrogen (secondary N) is 1. The maximum atomic E-state index is 13.1. The van der Waals surface area contributed by atoms with Crippen molar-refractivity contribution in [3.8, 4) is 11.3 Å². The van der Waals surface area contributed by atoms with Crippen LogP contribution in [0.15, 0.2) is 58.9 Å². The molecule has 0 fully saturated rings. The minimum absolute atomic E-state index is 0.221. The van der Waals surface area contributed by atoms with Gasteiger partial charge < -0.3 is 5.32 Å². The molecule has 32 heavy (non-hydrogen) atoms. The van der Waals surface area contributed by atoms with E-state index in [0.29, 0.717) is 28.8 Å². The Hall–Kier alpha value is -3.08. The van der Waals surface area contributed by atoms with Crippen molar-refractivity contribution in [2.45, 2.75) is 24.2 Å². The van der Waals surface area contributed by atoms with Crippen molar-refractivity contribution >= 4 is 38.3 Å². The van der Waals surface area contributed by atoms with Gasteiger partial charge in [-0.3, -0.25) is 4.79 Å². The number of carbonyl (C=O) groups is 1. The third-order valence-electron chi connectivity index (χ3n) is 5.02. The first kappa shape index (κ1) is 22.1. The molecule has 0 aliphatic heterocycles. The van der Waals surface area contributed by atoms with Crippen LogP contribution in [0.4, 0.5) is 0 Å². The number of sulfonamides is 1. The molecule has 0 unspecified atom stereocenters. The highest BCUT2D eigenvalue weighted by molar-refractivity contribution is 7.91. The van der Waals surface area contributed by atoms with Gasteiger partial charge in [0.25, 0.3) is 15.9 Å². The molecule has 0 radical (unpaired) electrons. The Bertz CT molecular complexity index is 1380. The summed E-state index contributed by atoms with van der Waals surface area (Å²) < 4.78 is 27.8. The Balaban J connectivity index is 1.64. The number of amides is 1. The summed E-state index contributed by atoms with van der Waals surface area (Å²) in [7, 11) is -0.508. The fraction of sp³-hybridized carbons (Fsp3) is 0.227. The second-order valence-corrected chi connectivity index (χ2v) is 10.9. The molecule has 0 atom stereocenters. The summed E-state index contributed by atoms with van der Waals surface area (Å²) in [6.07, 6.45) is 1.66. The molecule has 0 bridgehead atoms. The van der Waals surface area contributed by atoms with E-state index in [1.807, 2.05) is 37.3 Å². The van der Waals surface area contributed by atoms with Crippen LogP contribution in [0.25, 0.3) is 22.3 Å². The van der Waals surface area contributed by atoms with Crippen molar-refractivity contribution < 1.29 is 13.2 Å². The van der Waals surface area contributed by atoms with Crippen LogP contribution in [0.3, 0.4) is 0 Å². The fourth-order valence-corrected chi connectivity index (χ4v) is 5.72. The predicted octanol–water partition coefficient (Wildman–Crippen LogP) is 3.36. The third kappa shape index (κ3) is 4.16. The number of fused-ring (bicyclic) bond motifs is 1. The highest BCUT2D eigenvalue weighted by atomic mass is 32.2. The van der Waals surface area contributed by atoms with Gasteiger partial charge in [0.1, 0.15) is 4.21 Å². The van der Waals surface area contributed by atoms with Gasteiger partial charge in [0.2, 0.25) is 0 Å². The monoisotopic (exact) mass is 469 g/mol. The number of hydrogen-bond acceptors (Lipinski definition) is 6. The first-order valence-electron chi connectivity index (χ1n) is 10.0. The van der Waals surface area contributed by atoms with Crippen molar-refractivity contribution in [3.05, 3.63) is 65.2 Å². The van der Waals surface area contributed by atoms with Gasteiger partial charge in [0, 0.05) is 31.1 Å². The lowest BCUT2D eigenvalue weighted by atomic mass is 10.1. The summed E-state index contributed by atoms with van der Waals surface area (Å²) in [4.78, 5) is 18.6. The van der Waals surface area contributed by atoms with Crippen LogP contribution in [0, 0.1) is 0 Å². The number of aryl methyl sites for hydroxylation is 1. The van der Waals surface area contributed by atoms with Gasteiger partial charge in [0.15, 0.2) is 5.65 Å². The largest absolute Gasteiger partial charge is 0.347 e. The summed E-state index contributed by atoms with van der Waals surface area (Å²) in [5.41, 5.74) is 2.72. The molecule has 3 aromatic heterocycles. The molecule has 166 valence electrons. The van der Waals surface area contributed by atoms with Crippen LogP contribution in [-0.2, 0) is 23.1 Å². The summed E-state index contributed by atoms with van der Waals surface area (Å²) >= 11 is 1.14. The number of aromatic nitrogens is 3. The van der Waals surface area contributed by atoms with Gasteiger partial charge in [-0.05, 0) is 25.1 Å². The van der Waals surface area contributed by atoms with E-state index in [1.165, 1.54) is 18.4 Å². The molecule has 1 N–H and O–H groups in total. The zero-order valence-corrected chi connectivity index (χ0v) is 19.6. The number of benzene rings is 1. The summed E-state index contributed by atoms with van der Waals surface area (Å²) in [6, 6.07) is 14.7. The minimum atomic E-state index is -3.49. The van der Waals surface area contributed by atoms with Crippen LogP contribution in [0.2, 0.25) is 0 Å². The quantitative estimate of drug-likeness (QED) is 0.448. The number of nitrogens with zero attached hydrogens (tertiary/aromatic N) is 4. The van der Waals surface area contributed by atoms with Crippen LogP contribution < -0.4 is 5.32 Å². The molecule has 4 rings (SSSR count). The maximum absolute atomic E-state index is 13.1. The molecule has 1 aromatic carbocycles. The van der Waals surface area contributed by atoms with Gasteiger partial charge in [-0.15, -0.1) is 11.3 Å². The molecule has 0 saturated heterocycles. The van der Waals surface area contributed by atoms with Gasteiger partial charge in [-0.25, -0.2) is 22.4 Å². The number of thiophene rings is 1. The lowest BCUT2D eigenvalue weighted by molar-refractivity contribution is 0.0953. The van der Waals surface area contributed by atoms with E-state index in [0.717, 1.165) is 21.8 Å². The highest BCUT2D eigenvalue weighted by Gasteiger charge is 2.21. The third-order valence-corrected chi connectivity index (χ3v) is 8.39. The van der Waals surface area contributed by atoms with Crippen LogP contribution >= 0.6 is 11.3 Å². The second kappa shape index (κ2) is 8.81. The van der Waals surface area contributed by atoms with E-state index >= 15 is 0 Å². The molecular formula is C22H23N5O3S2. The van der Waals surface area contributed by atoms with Crippen LogP contribution in [0.5, 0.6) is 0 Å². The number of rotatable bonds is 7. The smallest absolute Gasteiger partial charge is 0.252 e. The first-order chi connectivity index (χ1) is 15.3. The first-order valence-corrected chi connectivity index (χ1v) is 12.3. The molecule has 10 heteroatoms. The standard InChI is InChI=1S/C22H23N5O3S2/c1-4-27-21-18(14-24-27)17(12-19(25-21)15-8-6-5-7-9-15)22(28)23-13-16-10-11-20(31-16)32(29,30)26(2)3/h5-12,14H,4,13H2,1-3H3,(H,23,28). The second-order valence-electron chi connectivity index (χ2n) is 7.31. The molecule has 0 aliphatic rings. The minimum Gasteiger partial charge on any atom is -0.347 e. The zero-order chi connectivity index (χ0) is 22.9. The Labute approximate surface area is 190 Å². The van der Waals surface area contributed by atoms with Crippen molar-refractivity contribution in [1.29, 1.82) is 0 Å². The van der Waals surface area contributed by atoms with Crippen molar-refractivity contribution in [1.82, 2.24) is 24.4 Å². The van der Waals surface area contributed by atoms with Gasteiger partial charge in [-0.2, -0.15) is 5.10 Å². The predicted molar refractivity (Wildman–Crippen MR) is 125 cm³/mol. The SMILES string of the molecule is CCn1ncc2c(C(=O)NCc3ccc(S(=O)(=O)N(C)C)s3)cc(-c3ccccc3)nc21. The van der Waals surface area contributed by atoms with Gasteiger partial charge in [-0.1, -0.05) is 30.3 Å². The van der Waals surface area contributed by atoms with Crippen LogP contribution in [-0.4, -0.2) is 47.5 Å². The van der Waals surface area contributed by atoms with E-state index < -0.39 is 10.0 Å². The Kier molecular flexibility index (Phi) is 6.09. The van der Waals surface area contributed by atoms with E-state index in [4.69, 9.17) is 4.98 Å². The average Bonchev–Trinajstić information content (AvgIpc) is 3.44. The van der Waals surface area contributed by atoms with E-state index in [9.17, 15) is 13.2 Å². The summed E-state index contributed by atoms with van der Waals surface area (Å²) in [5.74, 6) is -0.268. The molecule has 1 amide bonds. The van der Waals surface area contributed by atoms with E-state index in [2.05, 4.69) is 10.4 Å². The maximum Gasteiger partial charge on any atom is 0.252 e. The van der Waals surface area contributed by atoms with E-state index in [-0.39, 0.29) is 16.7 Å². The van der Waals surface area contributed by atoms with Gasteiger partial charge in [0.05, 0.1) is 29.4 Å². The molecule has 3 heterocycles. The lowest BCUT2D eigenvalue weighted by Gasteiger charge is -2.09. The van der Waals surface area contributed by atoms with Crippen LogP contribution in [0.1, 0.15) is 22.2 Å². The lowest BCUT2D eigenvalue weighted by Crippen LogP contribution is -2.23. The summed E-state index contributed by atoms with van der Waals surface area (Å²) in [6.45, 7) is 2.83. The number of carbonyl (C=O) groups excluding carboxylic acids is 1. The van der Waals surface area contributed by atoms with E-state index in [1.54, 1.807) is 29.1 Å². The highest BCUT2D eigenvalue weighted by Crippen LogP contribution is 2.26. The molecule has 4 aromatic rings. The normalized spacial score (nSPS) is 11.9. The fourth-order valence-electron chi connectivity index (χ4n) is 3.26. The zero-order valence-electron chi connectivity index (χ0n) is 17.9. The van der Waals surface area contributed by atoms with Crippen molar-refractivity contribution in [2.24, 2.45) is 0 Å². The van der Waals surface area contributed by atoms with Crippen molar-refractivity contribution in [2.75, 3.05) is 14.1 Å². The number of hydrogen-bond donors (Lipinski definition) is 1. The molecular weight excluding hydrogens is 446 g/mol. The Morgan fingerprint density at radius 2 is 1.91 bits per heavy atom. The van der Waals surface area contributed by atoms with Gasteiger partial charge >= 0.3 is 0 Å². The average molecular weight is 470 g/mol. The molecule has 0 spiro atoms.